The van der Waals surface area contributed by atoms with Gasteiger partial charge in [-0.1, -0.05) is 40.2 Å². The lowest BCUT2D eigenvalue weighted by atomic mass is 10.1. The summed E-state index contributed by atoms with van der Waals surface area (Å²) in [5.74, 6) is 0.799. The number of benzene rings is 1. The Balaban J connectivity index is 2.00. The van der Waals surface area contributed by atoms with Gasteiger partial charge in [0.1, 0.15) is 0 Å². The van der Waals surface area contributed by atoms with Gasteiger partial charge in [-0.05, 0) is 23.8 Å². The molecule has 0 atom stereocenters. The van der Waals surface area contributed by atoms with Crippen LogP contribution in [0.4, 0.5) is 0 Å². The van der Waals surface area contributed by atoms with E-state index in [0.717, 1.165) is 21.6 Å². The first-order valence-electron chi connectivity index (χ1n) is 6.05. The van der Waals surface area contributed by atoms with E-state index in [1.165, 1.54) is 5.56 Å². The molecule has 0 aliphatic heterocycles. The topological polar surface area (TPSA) is 56.2 Å². The lowest BCUT2D eigenvalue weighted by Crippen LogP contribution is -2.04. The zero-order chi connectivity index (χ0) is 13.2. The number of hydrogen-bond acceptors (Lipinski definition) is 3. The Bertz CT molecular complexity index is 720. The predicted molar refractivity (Wildman–Crippen MR) is 77.8 cm³/mol. The zero-order valence-electron chi connectivity index (χ0n) is 10.3. The predicted octanol–water partition coefficient (Wildman–Crippen LogP) is 2.54. The second-order valence-corrected chi connectivity index (χ2v) is 5.14. The molecule has 0 aliphatic rings. The maximum absolute atomic E-state index is 5.71. The standard InChI is InChI=1S/C14H13BrN4/c15-12-6-2-1-4-10(12)8-13-17-14-7-3-5-11(9-16)19(14)18-13/h1-7H,8-9,16H2. The quantitative estimate of drug-likeness (QED) is 0.808. The van der Waals surface area contributed by atoms with Gasteiger partial charge in [0.25, 0.3) is 0 Å². The lowest BCUT2D eigenvalue weighted by molar-refractivity contribution is 0.825. The Labute approximate surface area is 119 Å². The molecule has 0 fully saturated rings. The van der Waals surface area contributed by atoms with Crippen molar-refractivity contribution in [2.45, 2.75) is 13.0 Å². The fraction of sp³-hybridized carbons (Fsp3) is 0.143. The molecule has 3 aromatic rings. The molecular formula is C14H13BrN4. The van der Waals surface area contributed by atoms with Crippen molar-refractivity contribution in [1.29, 1.82) is 0 Å². The summed E-state index contributed by atoms with van der Waals surface area (Å²) >= 11 is 3.54. The zero-order valence-corrected chi connectivity index (χ0v) is 11.8. The molecule has 4 nitrogen and oxygen atoms in total. The normalized spacial score (nSPS) is 11.1. The first kappa shape index (κ1) is 12.3. The molecule has 2 aromatic heterocycles. The molecule has 0 saturated heterocycles. The van der Waals surface area contributed by atoms with Gasteiger partial charge >= 0.3 is 0 Å². The summed E-state index contributed by atoms with van der Waals surface area (Å²) in [7, 11) is 0. The fourth-order valence-electron chi connectivity index (χ4n) is 2.05. The first-order valence-corrected chi connectivity index (χ1v) is 6.84. The van der Waals surface area contributed by atoms with Crippen molar-refractivity contribution < 1.29 is 0 Å². The monoisotopic (exact) mass is 316 g/mol. The number of halogens is 1. The highest BCUT2D eigenvalue weighted by Gasteiger charge is 2.08. The molecule has 19 heavy (non-hydrogen) atoms. The van der Waals surface area contributed by atoms with E-state index in [4.69, 9.17) is 5.73 Å². The molecule has 0 bridgehead atoms. The summed E-state index contributed by atoms with van der Waals surface area (Å²) in [5.41, 5.74) is 8.68. The number of nitrogens with two attached hydrogens (primary N) is 1. The molecular weight excluding hydrogens is 304 g/mol. The molecule has 0 unspecified atom stereocenters. The van der Waals surface area contributed by atoms with Crippen LogP contribution in [0.25, 0.3) is 5.65 Å². The summed E-state index contributed by atoms with van der Waals surface area (Å²) in [6.07, 6.45) is 0.702. The first-order chi connectivity index (χ1) is 9.28. The van der Waals surface area contributed by atoms with Crippen LogP contribution in [0, 0.1) is 0 Å². The van der Waals surface area contributed by atoms with Crippen molar-refractivity contribution in [3.05, 3.63) is 64.0 Å². The van der Waals surface area contributed by atoms with Gasteiger partial charge in [-0.15, -0.1) is 0 Å². The number of fused-ring (bicyclic) bond motifs is 1. The number of pyridine rings is 1. The third-order valence-corrected chi connectivity index (χ3v) is 3.77. The van der Waals surface area contributed by atoms with Gasteiger partial charge in [-0.25, -0.2) is 9.50 Å². The van der Waals surface area contributed by atoms with E-state index in [1.807, 2.05) is 40.9 Å². The summed E-state index contributed by atoms with van der Waals surface area (Å²) in [6, 6.07) is 14.0. The molecule has 1 aromatic carbocycles. The number of rotatable bonds is 3. The van der Waals surface area contributed by atoms with Gasteiger partial charge in [0.2, 0.25) is 0 Å². The highest BCUT2D eigenvalue weighted by Crippen LogP contribution is 2.18. The third kappa shape index (κ3) is 2.39. The molecule has 0 saturated carbocycles. The SMILES string of the molecule is NCc1cccc2nc(Cc3ccccc3Br)nn12. The van der Waals surface area contributed by atoms with Crippen LogP contribution in [-0.2, 0) is 13.0 Å². The summed E-state index contributed by atoms with van der Waals surface area (Å²) in [5, 5.41) is 4.52. The smallest absolute Gasteiger partial charge is 0.156 e. The Kier molecular flexibility index (Phi) is 3.31. The van der Waals surface area contributed by atoms with E-state index in [0.29, 0.717) is 13.0 Å². The van der Waals surface area contributed by atoms with Crippen LogP contribution < -0.4 is 5.73 Å². The molecule has 96 valence electrons. The lowest BCUT2D eigenvalue weighted by Gasteiger charge is -2.00. The van der Waals surface area contributed by atoms with Crippen molar-refractivity contribution in [1.82, 2.24) is 14.6 Å². The Morgan fingerprint density at radius 3 is 2.74 bits per heavy atom. The van der Waals surface area contributed by atoms with Crippen molar-refractivity contribution in [3.8, 4) is 0 Å². The number of nitrogens with zero attached hydrogens (tertiary/aromatic N) is 3. The van der Waals surface area contributed by atoms with Gasteiger partial charge < -0.3 is 5.73 Å². The van der Waals surface area contributed by atoms with Crippen molar-refractivity contribution in [2.24, 2.45) is 5.73 Å². The minimum Gasteiger partial charge on any atom is -0.325 e. The fourth-order valence-corrected chi connectivity index (χ4v) is 2.47. The van der Waals surface area contributed by atoms with Crippen LogP contribution in [0.2, 0.25) is 0 Å². The van der Waals surface area contributed by atoms with Gasteiger partial charge in [0.15, 0.2) is 11.5 Å². The largest absolute Gasteiger partial charge is 0.325 e. The van der Waals surface area contributed by atoms with E-state index < -0.39 is 0 Å². The maximum atomic E-state index is 5.71. The maximum Gasteiger partial charge on any atom is 0.156 e. The number of hydrogen-bond donors (Lipinski definition) is 1. The summed E-state index contributed by atoms with van der Waals surface area (Å²) < 4.78 is 2.89. The van der Waals surface area contributed by atoms with Gasteiger partial charge in [0, 0.05) is 17.4 Å². The molecule has 2 heterocycles. The molecule has 2 N–H and O–H groups in total. The molecule has 0 spiro atoms. The van der Waals surface area contributed by atoms with E-state index in [1.54, 1.807) is 0 Å². The average Bonchev–Trinajstić information content (AvgIpc) is 2.83. The second-order valence-electron chi connectivity index (χ2n) is 4.29. The Hall–Kier alpha value is -1.72. The highest BCUT2D eigenvalue weighted by atomic mass is 79.9. The Morgan fingerprint density at radius 1 is 1.11 bits per heavy atom. The molecule has 5 heteroatoms. The minimum absolute atomic E-state index is 0.454. The third-order valence-electron chi connectivity index (χ3n) is 3.00. The van der Waals surface area contributed by atoms with Gasteiger partial charge in [-0.2, -0.15) is 5.10 Å². The second kappa shape index (κ2) is 5.11. The van der Waals surface area contributed by atoms with Crippen LogP contribution in [0.1, 0.15) is 17.1 Å². The average molecular weight is 317 g/mol. The minimum atomic E-state index is 0.454. The molecule has 0 radical (unpaired) electrons. The number of aromatic nitrogens is 3. The van der Waals surface area contributed by atoms with Crippen molar-refractivity contribution in [2.75, 3.05) is 0 Å². The van der Waals surface area contributed by atoms with E-state index in [9.17, 15) is 0 Å². The van der Waals surface area contributed by atoms with Crippen molar-refractivity contribution >= 4 is 21.6 Å². The highest BCUT2D eigenvalue weighted by molar-refractivity contribution is 9.10. The van der Waals surface area contributed by atoms with E-state index in [-0.39, 0.29) is 0 Å². The Morgan fingerprint density at radius 2 is 1.95 bits per heavy atom. The van der Waals surface area contributed by atoms with Crippen LogP contribution >= 0.6 is 15.9 Å². The van der Waals surface area contributed by atoms with Gasteiger partial charge in [0.05, 0.1) is 5.69 Å². The van der Waals surface area contributed by atoms with Crippen molar-refractivity contribution in [3.63, 3.8) is 0 Å². The summed E-state index contributed by atoms with van der Waals surface area (Å²) in [6.45, 7) is 0.454. The van der Waals surface area contributed by atoms with Crippen LogP contribution in [0.5, 0.6) is 0 Å². The molecule has 3 rings (SSSR count). The van der Waals surface area contributed by atoms with Crippen LogP contribution in [0.3, 0.4) is 0 Å². The van der Waals surface area contributed by atoms with E-state index in [2.05, 4.69) is 32.1 Å². The van der Waals surface area contributed by atoms with Gasteiger partial charge in [-0.3, -0.25) is 0 Å². The summed E-state index contributed by atoms with van der Waals surface area (Å²) in [4.78, 5) is 4.53. The van der Waals surface area contributed by atoms with Crippen LogP contribution in [0.15, 0.2) is 46.9 Å². The van der Waals surface area contributed by atoms with Crippen LogP contribution in [-0.4, -0.2) is 14.6 Å². The van der Waals surface area contributed by atoms with E-state index >= 15 is 0 Å². The molecule has 0 amide bonds. The molecule has 0 aliphatic carbocycles.